The first-order valence-corrected chi connectivity index (χ1v) is 8.99. The molecule has 2 rings (SSSR count). The van der Waals surface area contributed by atoms with E-state index in [-0.39, 0.29) is 12.5 Å². The Labute approximate surface area is 144 Å². The number of rotatable bonds is 8. The van der Waals surface area contributed by atoms with E-state index in [9.17, 15) is 4.79 Å². The molecule has 6 nitrogen and oxygen atoms in total. The lowest BCUT2D eigenvalue weighted by atomic mass is 9.83. The van der Waals surface area contributed by atoms with Gasteiger partial charge in [0.1, 0.15) is 12.3 Å². The monoisotopic (exact) mass is 334 g/mol. The third-order valence-corrected chi connectivity index (χ3v) is 4.81. The van der Waals surface area contributed by atoms with Gasteiger partial charge in [0.15, 0.2) is 5.96 Å². The minimum absolute atomic E-state index is 0.106. The highest BCUT2D eigenvalue weighted by Gasteiger charge is 2.31. The number of nitrogens with one attached hydrogen (secondary N) is 3. The molecule has 0 aromatic carbocycles. The molecule has 3 N–H and O–H groups in total. The van der Waals surface area contributed by atoms with Crippen molar-refractivity contribution in [3.8, 4) is 0 Å². The van der Waals surface area contributed by atoms with Crippen molar-refractivity contribution in [1.29, 1.82) is 0 Å². The molecule has 0 atom stereocenters. The van der Waals surface area contributed by atoms with E-state index in [1.54, 1.807) is 12.3 Å². The van der Waals surface area contributed by atoms with Crippen LogP contribution in [0.15, 0.2) is 27.8 Å². The first kappa shape index (κ1) is 18.4. The van der Waals surface area contributed by atoms with Crippen LogP contribution < -0.4 is 16.0 Å². The van der Waals surface area contributed by atoms with Crippen LogP contribution in [0.2, 0.25) is 0 Å². The molecular weight excluding hydrogens is 304 g/mol. The van der Waals surface area contributed by atoms with Crippen LogP contribution in [0.5, 0.6) is 0 Å². The number of nitrogens with zero attached hydrogens (tertiary/aromatic N) is 1. The molecule has 1 saturated carbocycles. The van der Waals surface area contributed by atoms with Gasteiger partial charge in [-0.15, -0.1) is 0 Å². The third-order valence-electron chi connectivity index (χ3n) is 4.81. The number of carbonyl (C=O) groups is 1. The Bertz CT molecular complexity index is 519. The van der Waals surface area contributed by atoms with Gasteiger partial charge in [-0.2, -0.15) is 0 Å². The third kappa shape index (κ3) is 5.58. The number of aliphatic imine (C=N–C) groups is 1. The summed E-state index contributed by atoms with van der Waals surface area (Å²) in [7, 11) is 0. The Balaban J connectivity index is 1.79. The van der Waals surface area contributed by atoms with Crippen molar-refractivity contribution in [3.63, 3.8) is 0 Å². The summed E-state index contributed by atoms with van der Waals surface area (Å²) in [4.78, 5) is 16.3. The van der Waals surface area contributed by atoms with Gasteiger partial charge < -0.3 is 20.4 Å². The summed E-state index contributed by atoms with van der Waals surface area (Å²) in [6, 6.07) is 3.64. The number of hydrogen-bond donors (Lipinski definition) is 3. The van der Waals surface area contributed by atoms with Gasteiger partial charge in [-0.1, -0.05) is 19.8 Å². The van der Waals surface area contributed by atoms with Crippen LogP contribution in [-0.4, -0.2) is 31.5 Å². The first-order valence-electron chi connectivity index (χ1n) is 8.99. The second-order valence-corrected chi connectivity index (χ2v) is 6.47. The summed E-state index contributed by atoms with van der Waals surface area (Å²) in [5.41, 5.74) is 0.387. The number of amides is 1. The van der Waals surface area contributed by atoms with Crippen molar-refractivity contribution in [3.05, 3.63) is 24.2 Å². The van der Waals surface area contributed by atoms with Crippen molar-refractivity contribution in [2.24, 2.45) is 10.4 Å². The summed E-state index contributed by atoms with van der Waals surface area (Å²) in [6.07, 6.45) is 7.97. The molecule has 134 valence electrons. The minimum atomic E-state index is -0.116. The van der Waals surface area contributed by atoms with Gasteiger partial charge in [0.05, 0.1) is 12.8 Å². The smallest absolute Gasteiger partial charge is 0.242 e. The molecule has 6 heteroatoms. The highest BCUT2D eigenvalue weighted by atomic mass is 16.3. The van der Waals surface area contributed by atoms with Gasteiger partial charge in [-0.3, -0.25) is 4.79 Å². The van der Waals surface area contributed by atoms with Crippen LogP contribution in [-0.2, 0) is 11.3 Å². The predicted molar refractivity (Wildman–Crippen MR) is 95.7 cm³/mol. The maximum atomic E-state index is 11.9. The molecule has 0 radical (unpaired) electrons. The predicted octanol–water partition coefficient (Wildman–Crippen LogP) is 2.42. The zero-order valence-corrected chi connectivity index (χ0v) is 14.9. The standard InChI is InChI=1S/C18H30N4O2/c1-3-18(9-5-6-10-18)14-22-17(19-4-2)21-13-16(23)20-12-15-8-7-11-24-15/h7-8,11H,3-6,9-10,12-14H2,1-2H3,(H,20,23)(H2,19,21,22). The molecule has 0 bridgehead atoms. The molecule has 1 aromatic heterocycles. The number of hydrogen-bond acceptors (Lipinski definition) is 3. The largest absolute Gasteiger partial charge is 0.467 e. The molecule has 0 spiro atoms. The summed E-state index contributed by atoms with van der Waals surface area (Å²) in [5.74, 6) is 1.34. The van der Waals surface area contributed by atoms with Crippen LogP contribution in [0, 0.1) is 5.41 Å². The van der Waals surface area contributed by atoms with Crippen LogP contribution in [0.3, 0.4) is 0 Å². The Morgan fingerprint density at radius 1 is 1.25 bits per heavy atom. The van der Waals surface area contributed by atoms with Gasteiger partial charge in [-0.05, 0) is 43.7 Å². The SMILES string of the molecule is CCNC(=NCC(=O)NCc1ccco1)NCC1(CC)CCCC1. The summed E-state index contributed by atoms with van der Waals surface area (Å²) >= 11 is 0. The van der Waals surface area contributed by atoms with E-state index in [1.165, 1.54) is 32.1 Å². The fraction of sp³-hybridized carbons (Fsp3) is 0.667. The molecule has 0 unspecified atom stereocenters. The molecule has 1 amide bonds. The summed E-state index contributed by atoms with van der Waals surface area (Å²) < 4.78 is 5.19. The van der Waals surface area contributed by atoms with Crippen molar-refractivity contribution in [2.45, 2.75) is 52.5 Å². The van der Waals surface area contributed by atoms with Gasteiger partial charge >= 0.3 is 0 Å². The lowest BCUT2D eigenvalue weighted by Gasteiger charge is -2.28. The minimum Gasteiger partial charge on any atom is -0.467 e. The maximum Gasteiger partial charge on any atom is 0.242 e. The maximum absolute atomic E-state index is 11.9. The number of furan rings is 1. The fourth-order valence-corrected chi connectivity index (χ4v) is 3.20. The zero-order chi connectivity index (χ0) is 17.3. The lowest BCUT2D eigenvalue weighted by molar-refractivity contribution is -0.119. The van der Waals surface area contributed by atoms with Crippen LogP contribution >= 0.6 is 0 Å². The van der Waals surface area contributed by atoms with E-state index in [0.717, 1.165) is 18.8 Å². The zero-order valence-electron chi connectivity index (χ0n) is 14.9. The highest BCUT2D eigenvalue weighted by molar-refractivity contribution is 5.84. The highest BCUT2D eigenvalue weighted by Crippen LogP contribution is 2.40. The average molecular weight is 334 g/mol. The lowest BCUT2D eigenvalue weighted by Crippen LogP contribution is -2.43. The van der Waals surface area contributed by atoms with E-state index >= 15 is 0 Å². The molecule has 1 heterocycles. The second-order valence-electron chi connectivity index (χ2n) is 6.47. The molecule has 0 aliphatic heterocycles. The van der Waals surface area contributed by atoms with E-state index in [0.29, 0.717) is 17.9 Å². The van der Waals surface area contributed by atoms with Crippen molar-refractivity contribution >= 4 is 11.9 Å². The van der Waals surface area contributed by atoms with Crippen molar-refractivity contribution in [1.82, 2.24) is 16.0 Å². The molecule has 1 aromatic rings. The topological polar surface area (TPSA) is 78.7 Å². The first-order chi connectivity index (χ1) is 11.7. The molecule has 1 aliphatic rings. The van der Waals surface area contributed by atoms with Crippen LogP contribution in [0.4, 0.5) is 0 Å². The normalized spacial score (nSPS) is 16.8. The molecule has 1 aliphatic carbocycles. The van der Waals surface area contributed by atoms with Crippen molar-refractivity contribution in [2.75, 3.05) is 19.6 Å². The van der Waals surface area contributed by atoms with E-state index in [4.69, 9.17) is 4.42 Å². The second kappa shape index (κ2) is 9.35. The Kier molecular flexibility index (Phi) is 7.15. The summed E-state index contributed by atoms with van der Waals surface area (Å²) in [5, 5.41) is 9.44. The van der Waals surface area contributed by atoms with E-state index in [2.05, 4.69) is 27.9 Å². The Hall–Kier alpha value is -1.98. The number of guanidine groups is 1. The van der Waals surface area contributed by atoms with Gasteiger partial charge in [0, 0.05) is 13.1 Å². The van der Waals surface area contributed by atoms with E-state index in [1.807, 2.05) is 13.0 Å². The number of carbonyl (C=O) groups excluding carboxylic acids is 1. The van der Waals surface area contributed by atoms with Crippen molar-refractivity contribution < 1.29 is 9.21 Å². The van der Waals surface area contributed by atoms with Crippen LogP contribution in [0.25, 0.3) is 0 Å². The summed E-state index contributed by atoms with van der Waals surface area (Å²) in [6.45, 7) is 6.49. The molecular formula is C18H30N4O2. The molecule has 24 heavy (non-hydrogen) atoms. The molecule has 0 saturated heterocycles. The average Bonchev–Trinajstić information content (AvgIpc) is 3.27. The van der Waals surface area contributed by atoms with Gasteiger partial charge in [0.2, 0.25) is 5.91 Å². The molecule has 1 fully saturated rings. The van der Waals surface area contributed by atoms with Gasteiger partial charge in [-0.25, -0.2) is 4.99 Å². The van der Waals surface area contributed by atoms with Crippen LogP contribution in [0.1, 0.15) is 51.7 Å². The quantitative estimate of drug-likeness (QED) is 0.504. The fourth-order valence-electron chi connectivity index (χ4n) is 3.20. The Morgan fingerprint density at radius 2 is 2.04 bits per heavy atom. The van der Waals surface area contributed by atoms with E-state index < -0.39 is 0 Å². The van der Waals surface area contributed by atoms with Gasteiger partial charge in [0.25, 0.3) is 0 Å². The Morgan fingerprint density at radius 3 is 2.67 bits per heavy atom.